The molecule has 3 aromatic heterocycles. The van der Waals surface area contributed by atoms with E-state index in [1.54, 1.807) is 11.3 Å². The molecule has 0 spiro atoms. The van der Waals surface area contributed by atoms with Crippen molar-refractivity contribution in [1.29, 1.82) is 0 Å². The van der Waals surface area contributed by atoms with Crippen LogP contribution in [0.25, 0.3) is 21.5 Å². The molecule has 0 aromatic carbocycles. The summed E-state index contributed by atoms with van der Waals surface area (Å²) in [6.45, 7) is 10.2. The molecule has 0 radical (unpaired) electrons. The number of nitrogens with one attached hydrogen (secondary N) is 2. The van der Waals surface area contributed by atoms with Gasteiger partial charge in [-0.25, -0.2) is 0 Å². The largest absolute Gasteiger partial charge is 0.354 e. The van der Waals surface area contributed by atoms with Crippen molar-refractivity contribution in [2.75, 3.05) is 13.1 Å². The van der Waals surface area contributed by atoms with Crippen molar-refractivity contribution >= 4 is 27.5 Å². The van der Waals surface area contributed by atoms with Crippen molar-refractivity contribution in [3.63, 3.8) is 0 Å². The van der Waals surface area contributed by atoms with Gasteiger partial charge < -0.3 is 15.2 Å². The van der Waals surface area contributed by atoms with Crippen molar-refractivity contribution < 1.29 is 4.79 Å². The Labute approximate surface area is 175 Å². The lowest BCUT2D eigenvalue weighted by Gasteiger charge is -2.32. The summed E-state index contributed by atoms with van der Waals surface area (Å²) in [4.78, 5) is 24.2. The number of hydrogen-bond acceptors (Lipinski definition) is 4. The van der Waals surface area contributed by atoms with E-state index in [4.69, 9.17) is 0 Å². The van der Waals surface area contributed by atoms with Gasteiger partial charge >= 0.3 is 0 Å². The number of carbonyl (C=O) groups excluding carboxylic acids is 1. The molecule has 2 atom stereocenters. The zero-order valence-corrected chi connectivity index (χ0v) is 18.3. The Morgan fingerprint density at radius 1 is 1.14 bits per heavy atom. The molecule has 2 unspecified atom stereocenters. The number of piperazine rings is 1. The Morgan fingerprint density at radius 2 is 1.79 bits per heavy atom. The number of aromatic nitrogens is 2. The van der Waals surface area contributed by atoms with Gasteiger partial charge in [0.2, 0.25) is 0 Å². The number of H-pyrrole nitrogens is 1. The van der Waals surface area contributed by atoms with E-state index in [0.29, 0.717) is 18.0 Å². The van der Waals surface area contributed by atoms with E-state index in [1.807, 2.05) is 13.8 Å². The summed E-state index contributed by atoms with van der Waals surface area (Å²) in [6.07, 6.45) is 2.37. The Kier molecular flexibility index (Phi) is 4.51. The number of thiophene rings is 1. The lowest BCUT2D eigenvalue weighted by Crippen LogP contribution is -2.52. The van der Waals surface area contributed by atoms with E-state index < -0.39 is 0 Å². The molecular formula is C23H28N4OS. The number of aryl methyl sites for hydroxylation is 2. The number of hydrogen-bond donors (Lipinski definition) is 2. The molecule has 2 fully saturated rings. The number of fused-ring (bicyclic) bond motifs is 3. The fourth-order valence-corrected chi connectivity index (χ4v) is 6.26. The van der Waals surface area contributed by atoms with Gasteiger partial charge in [-0.05, 0) is 56.4 Å². The normalized spacial score (nSPS) is 21.5. The smallest absolute Gasteiger partial charge is 0.264 e. The predicted molar refractivity (Wildman–Crippen MR) is 119 cm³/mol. The van der Waals surface area contributed by atoms with Crippen molar-refractivity contribution in [3.8, 4) is 11.3 Å². The molecule has 5 rings (SSSR count). The lowest BCUT2D eigenvalue weighted by molar-refractivity contribution is 0.0702. The number of rotatable bonds is 3. The second kappa shape index (κ2) is 6.96. The molecule has 2 saturated heterocycles. The third kappa shape index (κ3) is 3.28. The molecule has 2 aliphatic heterocycles. The van der Waals surface area contributed by atoms with Gasteiger partial charge in [-0.3, -0.25) is 9.78 Å². The van der Waals surface area contributed by atoms with E-state index in [9.17, 15) is 4.79 Å². The van der Waals surface area contributed by atoms with Crippen molar-refractivity contribution in [2.24, 2.45) is 0 Å². The molecule has 2 N–H and O–H groups in total. The second-order valence-electron chi connectivity index (χ2n) is 8.91. The molecule has 0 saturated carbocycles. The molecule has 0 aliphatic carbocycles. The van der Waals surface area contributed by atoms with Crippen LogP contribution in [0, 0.1) is 13.8 Å². The Balaban J connectivity index is 1.53. The van der Waals surface area contributed by atoms with E-state index in [-0.39, 0.29) is 5.91 Å². The maximum atomic E-state index is 13.2. The van der Waals surface area contributed by atoms with Crippen molar-refractivity contribution in [1.82, 2.24) is 20.2 Å². The number of nitrogens with zero attached hydrogens (tertiary/aromatic N) is 2. The highest BCUT2D eigenvalue weighted by atomic mass is 32.1. The first-order valence-corrected chi connectivity index (χ1v) is 11.4. The monoisotopic (exact) mass is 408 g/mol. The van der Waals surface area contributed by atoms with Crippen LogP contribution in [0.3, 0.4) is 0 Å². The van der Waals surface area contributed by atoms with Crippen molar-refractivity contribution in [2.45, 2.75) is 58.5 Å². The van der Waals surface area contributed by atoms with Crippen LogP contribution in [-0.4, -0.2) is 45.9 Å². The second-order valence-corrected chi connectivity index (χ2v) is 9.96. The number of amides is 1. The maximum absolute atomic E-state index is 13.2. The first-order chi connectivity index (χ1) is 13.9. The number of aromatic amines is 1. The fourth-order valence-electron chi connectivity index (χ4n) is 4.98. The fraction of sp³-hybridized carbons (Fsp3) is 0.478. The zero-order valence-electron chi connectivity index (χ0n) is 17.5. The SMILES string of the molecule is Cc1cc(-c2[nH]c3cc(C(=O)N4CC5CCC(C4)N5)sc3c2C(C)C)cc(C)n1. The Morgan fingerprint density at radius 3 is 2.41 bits per heavy atom. The highest BCUT2D eigenvalue weighted by molar-refractivity contribution is 7.21. The quantitative estimate of drug-likeness (QED) is 0.665. The lowest BCUT2D eigenvalue weighted by atomic mass is 9.99. The summed E-state index contributed by atoms with van der Waals surface area (Å²) in [6, 6.07) is 7.27. The average molecular weight is 409 g/mol. The van der Waals surface area contributed by atoms with Crippen LogP contribution in [0.2, 0.25) is 0 Å². The minimum absolute atomic E-state index is 0.185. The van der Waals surface area contributed by atoms with Gasteiger partial charge in [0.1, 0.15) is 0 Å². The van der Waals surface area contributed by atoms with Crippen LogP contribution in [0.15, 0.2) is 18.2 Å². The van der Waals surface area contributed by atoms with Crippen LogP contribution in [0.4, 0.5) is 0 Å². The molecule has 152 valence electrons. The topological polar surface area (TPSA) is 61.0 Å². The van der Waals surface area contributed by atoms with Crippen LogP contribution in [-0.2, 0) is 0 Å². The first kappa shape index (κ1) is 18.8. The zero-order chi connectivity index (χ0) is 20.3. The van der Waals surface area contributed by atoms with Gasteiger partial charge in [0.25, 0.3) is 5.91 Å². The van der Waals surface area contributed by atoms with E-state index in [2.05, 4.69) is 52.2 Å². The molecular weight excluding hydrogens is 380 g/mol. The molecule has 5 heterocycles. The summed E-state index contributed by atoms with van der Waals surface area (Å²) in [5.41, 5.74) is 6.76. The van der Waals surface area contributed by atoms with Gasteiger partial charge in [0, 0.05) is 42.1 Å². The molecule has 2 bridgehead atoms. The molecule has 1 amide bonds. The summed E-state index contributed by atoms with van der Waals surface area (Å²) >= 11 is 1.64. The van der Waals surface area contributed by atoms with E-state index >= 15 is 0 Å². The van der Waals surface area contributed by atoms with Gasteiger partial charge in [0.15, 0.2) is 0 Å². The molecule has 29 heavy (non-hydrogen) atoms. The van der Waals surface area contributed by atoms with Gasteiger partial charge in [-0.2, -0.15) is 0 Å². The van der Waals surface area contributed by atoms with Crippen molar-refractivity contribution in [3.05, 3.63) is 40.0 Å². The van der Waals surface area contributed by atoms with Gasteiger partial charge in [-0.15, -0.1) is 11.3 Å². The van der Waals surface area contributed by atoms with Gasteiger partial charge in [0.05, 0.1) is 20.8 Å². The predicted octanol–water partition coefficient (Wildman–Crippen LogP) is 4.61. The van der Waals surface area contributed by atoms with E-state index in [0.717, 1.165) is 40.6 Å². The van der Waals surface area contributed by atoms with Crippen LogP contribution < -0.4 is 5.32 Å². The number of carbonyl (C=O) groups is 1. The standard InChI is InChI=1S/C23H28N4OS/c1-12(2)20-21(15-7-13(3)24-14(4)8-15)26-18-9-19(29-22(18)20)23(28)27-10-16-5-6-17(11-27)25-16/h7-9,12,16-17,25-26H,5-6,10-11H2,1-4H3. The average Bonchev–Trinajstić information content (AvgIpc) is 3.31. The third-order valence-corrected chi connectivity index (χ3v) is 7.32. The number of pyridine rings is 1. The van der Waals surface area contributed by atoms with Crippen LogP contribution in [0.5, 0.6) is 0 Å². The summed E-state index contributed by atoms with van der Waals surface area (Å²) < 4.78 is 1.21. The van der Waals surface area contributed by atoms with E-state index in [1.165, 1.54) is 28.7 Å². The Bertz CT molecular complexity index is 1060. The minimum atomic E-state index is 0.185. The summed E-state index contributed by atoms with van der Waals surface area (Å²) in [7, 11) is 0. The highest BCUT2D eigenvalue weighted by Gasteiger charge is 2.35. The maximum Gasteiger partial charge on any atom is 0.264 e. The Hall–Kier alpha value is -2.18. The van der Waals surface area contributed by atoms with Crippen LogP contribution >= 0.6 is 11.3 Å². The van der Waals surface area contributed by atoms with Crippen LogP contribution in [0.1, 0.15) is 59.2 Å². The summed E-state index contributed by atoms with van der Waals surface area (Å²) in [5, 5.41) is 3.61. The molecule has 5 nitrogen and oxygen atoms in total. The highest BCUT2D eigenvalue weighted by Crippen LogP contribution is 2.40. The number of likely N-dealkylation sites (tertiary alicyclic amines) is 1. The molecule has 6 heteroatoms. The summed E-state index contributed by atoms with van der Waals surface area (Å²) in [5.74, 6) is 0.550. The molecule has 3 aromatic rings. The minimum Gasteiger partial charge on any atom is -0.354 e. The molecule has 2 aliphatic rings. The van der Waals surface area contributed by atoms with Gasteiger partial charge in [-0.1, -0.05) is 13.8 Å². The third-order valence-electron chi connectivity index (χ3n) is 6.17. The first-order valence-electron chi connectivity index (χ1n) is 10.6.